The molecule has 204 valence electrons. The molecule has 34 heavy (non-hydrogen) atoms. The largest absolute Gasteiger partial charge is 0.413 e. The second kappa shape index (κ2) is 11.3. The first kappa shape index (κ1) is 34.3. The van der Waals surface area contributed by atoms with Gasteiger partial charge in [0, 0.05) is 0 Å². The van der Waals surface area contributed by atoms with Crippen molar-refractivity contribution >= 4 is 0 Å². The predicted octanol–water partition coefficient (Wildman–Crippen LogP) is 7.64. The first-order valence-corrected chi connectivity index (χ1v) is 7.49. The molecule has 0 saturated heterocycles. The van der Waals surface area contributed by atoms with Gasteiger partial charge in [0.1, 0.15) is 0 Å². The van der Waals surface area contributed by atoms with Crippen LogP contribution in [-0.2, 0) is 9.47 Å². The molecule has 0 aromatic heterocycles. The van der Waals surface area contributed by atoms with E-state index in [1.54, 1.807) is 0 Å². The number of ether oxygens (including phenoxy) is 2. The summed E-state index contributed by atoms with van der Waals surface area (Å²) in [5.41, 5.74) is 0. The fourth-order valence-electron chi connectivity index (χ4n) is 1.82. The van der Waals surface area contributed by atoms with E-state index in [0.29, 0.717) is 14.4 Å². The van der Waals surface area contributed by atoms with Crippen molar-refractivity contribution in [2.75, 3.05) is 14.4 Å². The number of hydrogen-bond donors (Lipinski definition) is 0. The van der Waals surface area contributed by atoms with E-state index in [2.05, 4.69) is 9.47 Å². The summed E-state index contributed by atoms with van der Waals surface area (Å²) in [4.78, 5) is 0. The Kier molecular flexibility index (Phi) is 11.4. The van der Waals surface area contributed by atoms with Crippen LogP contribution in [0.1, 0.15) is 0 Å². The van der Waals surface area contributed by atoms with Crippen molar-refractivity contribution < 1.29 is 88.5 Å². The molecule has 0 aromatic carbocycles. The molecule has 0 aliphatic carbocycles. The Balaban J connectivity index is 0. The smallest absolute Gasteiger partial charge is 0.255 e. The minimum atomic E-state index is -5.57. The van der Waals surface area contributed by atoms with Crippen LogP contribution in [0.4, 0.5) is 79.0 Å². The fraction of sp³-hybridized carbons (Fsp3) is 0.714. The second-order valence-corrected chi connectivity index (χ2v) is 5.43. The van der Waals surface area contributed by atoms with Crippen molar-refractivity contribution in [2.24, 2.45) is 11.8 Å². The Labute approximate surface area is 176 Å². The summed E-state index contributed by atoms with van der Waals surface area (Å²) in [5, 5.41) is 0. The summed E-state index contributed by atoms with van der Waals surface area (Å²) in [6.45, 7) is 0. The normalized spacial score (nSPS) is 26.7. The van der Waals surface area contributed by atoms with Crippen LogP contribution in [0.15, 0.2) is 23.8 Å². The summed E-state index contributed by atoms with van der Waals surface area (Å²) in [6, 6.07) is 0. The van der Waals surface area contributed by atoms with Gasteiger partial charge in [-0.1, -0.05) is 0 Å². The van der Waals surface area contributed by atoms with Crippen molar-refractivity contribution in [3.63, 3.8) is 0 Å². The molecule has 20 heteroatoms. The van der Waals surface area contributed by atoms with Crippen molar-refractivity contribution in [3.8, 4) is 0 Å². The molecule has 0 aromatic rings. The summed E-state index contributed by atoms with van der Waals surface area (Å²) in [5.74, 6) is -12.8. The van der Waals surface area contributed by atoms with Crippen molar-refractivity contribution in [3.05, 3.63) is 23.8 Å². The van der Waals surface area contributed by atoms with Crippen LogP contribution in [-0.4, -0.2) is 51.1 Å². The van der Waals surface area contributed by atoms with Crippen molar-refractivity contribution in [1.82, 2.24) is 0 Å². The maximum Gasteiger partial charge on any atom is 0.413 e. The van der Waals surface area contributed by atoms with Crippen LogP contribution < -0.4 is 0 Å². The zero-order valence-electron chi connectivity index (χ0n) is 15.9. The first-order valence-electron chi connectivity index (χ1n) is 7.49. The van der Waals surface area contributed by atoms with Gasteiger partial charge in [-0.05, 0) is 12.2 Å². The van der Waals surface area contributed by atoms with Gasteiger partial charge in [-0.15, -0.1) is 0 Å². The van der Waals surface area contributed by atoms with E-state index in [1.807, 2.05) is 0 Å². The van der Waals surface area contributed by atoms with Gasteiger partial charge in [0.25, 0.3) is 0 Å². The molecule has 2 atom stereocenters. The van der Waals surface area contributed by atoms with Crippen molar-refractivity contribution in [2.45, 2.75) is 36.8 Å². The van der Waals surface area contributed by atoms with E-state index in [-0.39, 0.29) is 0 Å². The van der Waals surface area contributed by atoms with Crippen LogP contribution >= 0.6 is 0 Å². The van der Waals surface area contributed by atoms with Crippen LogP contribution in [0.5, 0.6) is 0 Å². The van der Waals surface area contributed by atoms with E-state index in [4.69, 9.17) is 0 Å². The van der Waals surface area contributed by atoms with Gasteiger partial charge >= 0.3 is 36.8 Å². The highest BCUT2D eigenvalue weighted by Gasteiger charge is 2.65. The number of rotatable bonds is 0. The lowest BCUT2D eigenvalue weighted by Crippen LogP contribution is -2.48. The molecule has 2 aliphatic rings. The summed E-state index contributed by atoms with van der Waals surface area (Å²) in [6.07, 6.45) is -33.4. The highest BCUT2D eigenvalue weighted by molar-refractivity contribution is 5.11. The molecular formula is C14H10F18O2. The number of hydrogen-bond acceptors (Lipinski definition) is 2. The molecule has 2 aliphatic heterocycles. The number of alkyl halides is 16. The Morgan fingerprint density at radius 3 is 0.941 bits per heavy atom. The molecule has 0 N–H and O–H groups in total. The van der Waals surface area contributed by atoms with Gasteiger partial charge < -0.3 is 0 Å². The Bertz CT molecular complexity index is 644. The highest BCUT2D eigenvalue weighted by atomic mass is 19.4. The summed E-state index contributed by atoms with van der Waals surface area (Å²) in [7, 11) is 1.00. The van der Waals surface area contributed by atoms with Gasteiger partial charge in [-0.2, -0.15) is 61.5 Å². The quantitative estimate of drug-likeness (QED) is 0.288. The van der Waals surface area contributed by atoms with E-state index >= 15 is 0 Å². The fourth-order valence-corrected chi connectivity index (χ4v) is 1.82. The maximum atomic E-state index is 12.4. The SMILES string of the molecule is CF.CF.FC1=CC(C(F)(F)F)C(F)(F)OC1(F)F.FC1=CC(C(F)(F)F)C(F)(F)OC1(F)F. The lowest BCUT2D eigenvalue weighted by Gasteiger charge is -2.32. The van der Waals surface area contributed by atoms with Crippen LogP contribution in [0.25, 0.3) is 0 Å². The standard InChI is InChI=1S/2C6H2F8O.2CH3F/c2*7-3-1-2(4(8,9)10)5(11,12)15-6(3,13)14;2*1-2/h2*1-2H;2*1H3. The van der Waals surface area contributed by atoms with Gasteiger partial charge in [-0.25, -0.2) is 18.3 Å². The molecular weight excluding hydrogens is 542 g/mol. The first-order chi connectivity index (χ1) is 14.9. The molecule has 2 rings (SSSR count). The Morgan fingerprint density at radius 2 is 0.765 bits per heavy atom. The zero-order valence-corrected chi connectivity index (χ0v) is 15.9. The molecule has 0 saturated carbocycles. The second-order valence-electron chi connectivity index (χ2n) is 5.43. The lowest BCUT2D eigenvalue weighted by molar-refractivity contribution is -0.412. The molecule has 2 heterocycles. The third kappa shape index (κ3) is 8.73. The Hall–Kier alpha value is -1.86. The van der Waals surface area contributed by atoms with Gasteiger partial charge in [0.05, 0.1) is 14.4 Å². The molecule has 0 radical (unpaired) electrons. The average Bonchev–Trinajstić information content (AvgIpc) is 2.61. The maximum absolute atomic E-state index is 12.4. The number of halogens is 18. The molecule has 2 nitrogen and oxygen atoms in total. The van der Waals surface area contributed by atoms with Gasteiger partial charge in [0.2, 0.25) is 0 Å². The van der Waals surface area contributed by atoms with Crippen molar-refractivity contribution in [1.29, 1.82) is 0 Å². The third-order valence-corrected chi connectivity index (χ3v) is 3.14. The molecule has 2 unspecified atom stereocenters. The monoisotopic (exact) mass is 552 g/mol. The van der Waals surface area contributed by atoms with E-state index in [0.717, 1.165) is 0 Å². The van der Waals surface area contributed by atoms with Crippen LogP contribution in [0.3, 0.4) is 0 Å². The molecule has 0 spiro atoms. The summed E-state index contributed by atoms with van der Waals surface area (Å²) < 4.78 is 218. The van der Waals surface area contributed by atoms with E-state index < -0.39 is 72.4 Å². The zero-order chi connectivity index (χ0) is 28.1. The van der Waals surface area contributed by atoms with Crippen LogP contribution in [0, 0.1) is 11.8 Å². The van der Waals surface area contributed by atoms with Crippen LogP contribution in [0.2, 0.25) is 0 Å². The Morgan fingerprint density at radius 1 is 0.559 bits per heavy atom. The predicted molar refractivity (Wildman–Crippen MR) is 73.5 cm³/mol. The summed E-state index contributed by atoms with van der Waals surface area (Å²) >= 11 is 0. The molecule has 0 amide bonds. The minimum Gasteiger partial charge on any atom is -0.255 e. The minimum absolute atomic E-state index is 0.500. The topological polar surface area (TPSA) is 18.5 Å². The van der Waals surface area contributed by atoms with E-state index in [9.17, 15) is 79.0 Å². The van der Waals surface area contributed by atoms with E-state index in [1.165, 1.54) is 0 Å². The molecule has 0 bridgehead atoms. The molecule has 0 fully saturated rings. The van der Waals surface area contributed by atoms with Gasteiger partial charge in [-0.3, -0.25) is 8.78 Å². The highest BCUT2D eigenvalue weighted by Crippen LogP contribution is 2.50. The third-order valence-electron chi connectivity index (χ3n) is 3.14. The van der Waals surface area contributed by atoms with Gasteiger partial charge in [0.15, 0.2) is 23.5 Å². The average molecular weight is 552 g/mol. The lowest BCUT2D eigenvalue weighted by atomic mass is 10.1.